The average molecular weight is 388 g/mol. The Morgan fingerprint density at radius 2 is 1.79 bits per heavy atom. The second-order valence-electron chi connectivity index (χ2n) is 6.56. The molecule has 146 valence electrons. The first kappa shape index (κ1) is 18.6. The van der Waals surface area contributed by atoms with Crippen molar-refractivity contribution >= 4 is 23.0 Å². The van der Waals surface area contributed by atoms with E-state index in [0.29, 0.717) is 34.2 Å². The number of aromatic hydroxyl groups is 1. The Hall–Kier alpha value is -3.80. The lowest BCUT2D eigenvalue weighted by Crippen LogP contribution is -1.91. The molecule has 3 aromatic carbocycles. The van der Waals surface area contributed by atoms with E-state index in [1.807, 2.05) is 43.3 Å². The largest absolute Gasteiger partial charge is 0.507 e. The number of aromatic nitrogens is 1. The van der Waals surface area contributed by atoms with Gasteiger partial charge in [0.15, 0.2) is 17.1 Å². The fourth-order valence-corrected chi connectivity index (χ4v) is 3.01. The maximum absolute atomic E-state index is 10.3. The summed E-state index contributed by atoms with van der Waals surface area (Å²) in [4.78, 5) is 9.00. The van der Waals surface area contributed by atoms with Crippen LogP contribution in [0.25, 0.3) is 22.6 Å². The summed E-state index contributed by atoms with van der Waals surface area (Å²) >= 11 is 0. The SMILES string of the molecule is COc1ccc(C=Nc2ccc(O)c(-c3nc4cc(C)ccc4o3)c2)cc1OC. The third-order valence-corrected chi connectivity index (χ3v) is 4.52. The second-order valence-corrected chi connectivity index (χ2v) is 6.56. The van der Waals surface area contributed by atoms with Gasteiger partial charge in [-0.1, -0.05) is 6.07 Å². The highest BCUT2D eigenvalue weighted by Gasteiger charge is 2.13. The molecule has 0 aliphatic rings. The van der Waals surface area contributed by atoms with Gasteiger partial charge in [-0.2, -0.15) is 0 Å². The first-order valence-electron chi connectivity index (χ1n) is 9.04. The zero-order valence-electron chi connectivity index (χ0n) is 16.3. The molecule has 0 saturated heterocycles. The molecule has 0 amide bonds. The number of fused-ring (bicyclic) bond motifs is 1. The molecule has 0 aliphatic carbocycles. The molecule has 1 aromatic heterocycles. The van der Waals surface area contributed by atoms with Crippen LogP contribution in [0.4, 0.5) is 5.69 Å². The minimum absolute atomic E-state index is 0.0818. The van der Waals surface area contributed by atoms with Crippen LogP contribution < -0.4 is 9.47 Å². The number of methoxy groups -OCH3 is 2. The standard InChI is InChI=1S/C23H20N2O4/c1-14-4-8-20-18(10-14)25-23(29-20)17-12-16(6-7-19(17)26)24-13-15-5-9-21(27-2)22(11-15)28-3/h4-13,26H,1-3H3. The Morgan fingerprint density at radius 1 is 0.966 bits per heavy atom. The second kappa shape index (κ2) is 7.67. The molecule has 1 heterocycles. The molecule has 29 heavy (non-hydrogen) atoms. The van der Waals surface area contributed by atoms with Crippen LogP contribution in [0.3, 0.4) is 0 Å². The van der Waals surface area contributed by atoms with Crippen LogP contribution in [0, 0.1) is 6.92 Å². The van der Waals surface area contributed by atoms with Gasteiger partial charge in [-0.15, -0.1) is 0 Å². The molecule has 0 fully saturated rings. The zero-order valence-corrected chi connectivity index (χ0v) is 16.3. The number of hydrogen-bond donors (Lipinski definition) is 1. The lowest BCUT2D eigenvalue weighted by atomic mass is 10.1. The quantitative estimate of drug-likeness (QED) is 0.471. The predicted molar refractivity (Wildman–Crippen MR) is 113 cm³/mol. The van der Waals surface area contributed by atoms with Gasteiger partial charge in [-0.25, -0.2) is 4.98 Å². The van der Waals surface area contributed by atoms with Crippen LogP contribution in [0.2, 0.25) is 0 Å². The molecule has 0 bridgehead atoms. The summed E-state index contributed by atoms with van der Waals surface area (Å²) in [5.74, 6) is 1.72. The molecule has 6 heteroatoms. The van der Waals surface area contributed by atoms with Crippen LogP contribution in [0.1, 0.15) is 11.1 Å². The van der Waals surface area contributed by atoms with Crippen LogP contribution in [-0.4, -0.2) is 30.5 Å². The maximum atomic E-state index is 10.3. The van der Waals surface area contributed by atoms with E-state index in [-0.39, 0.29) is 5.75 Å². The first-order chi connectivity index (χ1) is 14.1. The van der Waals surface area contributed by atoms with E-state index < -0.39 is 0 Å². The lowest BCUT2D eigenvalue weighted by Gasteiger charge is -2.07. The highest BCUT2D eigenvalue weighted by molar-refractivity contribution is 5.84. The van der Waals surface area contributed by atoms with Gasteiger partial charge in [0.05, 0.1) is 25.5 Å². The number of phenolic OH excluding ortho intramolecular Hbond substituents is 1. The van der Waals surface area contributed by atoms with Crippen molar-refractivity contribution in [1.29, 1.82) is 0 Å². The Labute approximate surface area is 168 Å². The number of aliphatic imine (C=N–C) groups is 1. The van der Waals surface area contributed by atoms with Gasteiger partial charge in [-0.3, -0.25) is 4.99 Å². The number of ether oxygens (including phenoxy) is 2. The van der Waals surface area contributed by atoms with E-state index in [1.165, 1.54) is 0 Å². The Kier molecular flexibility index (Phi) is 4.91. The monoisotopic (exact) mass is 388 g/mol. The number of rotatable bonds is 5. The first-order valence-corrected chi connectivity index (χ1v) is 9.04. The van der Waals surface area contributed by atoms with Crippen molar-refractivity contribution in [3.05, 3.63) is 65.7 Å². The van der Waals surface area contributed by atoms with Crippen LogP contribution in [0.15, 0.2) is 64.0 Å². The summed E-state index contributed by atoms with van der Waals surface area (Å²) in [7, 11) is 3.18. The molecule has 0 radical (unpaired) electrons. The normalized spacial score (nSPS) is 11.3. The summed E-state index contributed by atoms with van der Waals surface area (Å²) in [6, 6.07) is 16.4. The molecular weight excluding hydrogens is 368 g/mol. The fraction of sp³-hybridized carbons (Fsp3) is 0.130. The van der Waals surface area contributed by atoms with Gasteiger partial charge >= 0.3 is 0 Å². The number of hydrogen-bond acceptors (Lipinski definition) is 6. The lowest BCUT2D eigenvalue weighted by molar-refractivity contribution is 0.355. The van der Waals surface area contributed by atoms with Gasteiger partial charge in [0.25, 0.3) is 0 Å². The van der Waals surface area contributed by atoms with Gasteiger partial charge in [-0.05, 0) is 66.6 Å². The van der Waals surface area contributed by atoms with E-state index in [2.05, 4.69) is 9.98 Å². The smallest absolute Gasteiger partial charge is 0.231 e. The molecule has 6 nitrogen and oxygen atoms in total. The van der Waals surface area contributed by atoms with Gasteiger partial charge in [0.1, 0.15) is 11.3 Å². The molecule has 0 saturated carbocycles. The number of oxazole rings is 1. The third kappa shape index (κ3) is 3.78. The summed E-state index contributed by atoms with van der Waals surface area (Å²) in [6.07, 6.45) is 1.72. The van der Waals surface area contributed by atoms with E-state index >= 15 is 0 Å². The van der Waals surface area contributed by atoms with Crippen molar-refractivity contribution in [2.24, 2.45) is 4.99 Å². The molecule has 0 spiro atoms. The van der Waals surface area contributed by atoms with Crippen LogP contribution >= 0.6 is 0 Å². The van der Waals surface area contributed by atoms with Crippen molar-refractivity contribution in [2.45, 2.75) is 6.92 Å². The van der Waals surface area contributed by atoms with Crippen molar-refractivity contribution in [3.8, 4) is 28.7 Å². The van der Waals surface area contributed by atoms with Crippen molar-refractivity contribution in [1.82, 2.24) is 4.98 Å². The minimum atomic E-state index is 0.0818. The van der Waals surface area contributed by atoms with Gasteiger partial charge in [0, 0.05) is 6.21 Å². The van der Waals surface area contributed by atoms with Crippen molar-refractivity contribution in [3.63, 3.8) is 0 Å². The number of aryl methyl sites for hydroxylation is 1. The Balaban J connectivity index is 1.67. The summed E-state index contributed by atoms with van der Waals surface area (Å²) in [5.41, 5.74) is 4.51. The summed E-state index contributed by atoms with van der Waals surface area (Å²) in [6.45, 7) is 1.99. The number of phenols is 1. The Bertz CT molecular complexity index is 1210. The van der Waals surface area contributed by atoms with E-state index in [9.17, 15) is 5.11 Å². The molecular formula is C23H20N2O4. The number of nitrogens with zero attached hydrogens (tertiary/aromatic N) is 2. The highest BCUT2D eigenvalue weighted by atomic mass is 16.5. The van der Waals surface area contributed by atoms with Crippen molar-refractivity contribution in [2.75, 3.05) is 14.2 Å². The van der Waals surface area contributed by atoms with Crippen molar-refractivity contribution < 1.29 is 19.0 Å². The van der Waals surface area contributed by atoms with Crippen LogP contribution in [0.5, 0.6) is 17.2 Å². The average Bonchev–Trinajstić information content (AvgIpc) is 3.15. The molecule has 0 atom stereocenters. The third-order valence-electron chi connectivity index (χ3n) is 4.52. The highest BCUT2D eigenvalue weighted by Crippen LogP contribution is 2.34. The van der Waals surface area contributed by atoms with E-state index in [0.717, 1.165) is 16.6 Å². The van der Waals surface area contributed by atoms with Crippen LogP contribution in [-0.2, 0) is 0 Å². The molecule has 0 aliphatic heterocycles. The van der Waals surface area contributed by atoms with Gasteiger partial charge in [0.2, 0.25) is 5.89 Å². The molecule has 4 aromatic rings. The predicted octanol–water partition coefficient (Wildman–Crippen LogP) is 5.28. The van der Waals surface area contributed by atoms with E-state index in [4.69, 9.17) is 13.9 Å². The minimum Gasteiger partial charge on any atom is -0.507 e. The maximum Gasteiger partial charge on any atom is 0.231 e. The summed E-state index contributed by atoms with van der Waals surface area (Å²) in [5, 5.41) is 10.3. The van der Waals surface area contributed by atoms with Gasteiger partial charge < -0.3 is 19.0 Å². The summed E-state index contributed by atoms with van der Waals surface area (Å²) < 4.78 is 16.4. The Morgan fingerprint density at radius 3 is 2.59 bits per heavy atom. The molecule has 1 N–H and O–H groups in total. The molecule has 0 unspecified atom stereocenters. The topological polar surface area (TPSA) is 77.1 Å². The van der Waals surface area contributed by atoms with E-state index in [1.54, 1.807) is 38.6 Å². The fourth-order valence-electron chi connectivity index (χ4n) is 3.01. The molecule has 4 rings (SSSR count). The number of benzene rings is 3. The zero-order chi connectivity index (χ0) is 20.4.